The molecule has 1 saturated heterocycles. The van der Waals surface area contributed by atoms with Crippen molar-refractivity contribution in [1.82, 2.24) is 0 Å². The molecule has 2 N–H and O–H groups in total. The van der Waals surface area contributed by atoms with E-state index in [1.807, 2.05) is 0 Å². The second kappa shape index (κ2) is 3.58. The topological polar surface area (TPSA) is 35.2 Å². The molecule has 1 saturated carbocycles. The highest BCUT2D eigenvalue weighted by Crippen LogP contribution is 2.40. The molecule has 3 atom stereocenters. The van der Waals surface area contributed by atoms with Crippen LogP contribution >= 0.6 is 0 Å². The summed E-state index contributed by atoms with van der Waals surface area (Å²) in [5, 5.41) is 0. The minimum Gasteiger partial charge on any atom is -0.381 e. The Bertz CT molecular complexity index is 177. The molecule has 0 aromatic heterocycles. The number of rotatable bonds is 1. The van der Waals surface area contributed by atoms with E-state index in [-0.39, 0.29) is 5.54 Å². The molecule has 1 heterocycles. The van der Waals surface area contributed by atoms with Gasteiger partial charge in [0.05, 0.1) is 6.61 Å². The van der Waals surface area contributed by atoms with Crippen molar-refractivity contribution in [3.63, 3.8) is 0 Å². The van der Waals surface area contributed by atoms with E-state index in [1.165, 1.54) is 32.1 Å². The van der Waals surface area contributed by atoms with Gasteiger partial charge in [0.25, 0.3) is 0 Å². The summed E-state index contributed by atoms with van der Waals surface area (Å²) >= 11 is 0. The van der Waals surface area contributed by atoms with E-state index < -0.39 is 0 Å². The Morgan fingerprint density at radius 1 is 1.31 bits per heavy atom. The maximum atomic E-state index is 6.53. The van der Waals surface area contributed by atoms with Crippen LogP contribution in [0.2, 0.25) is 0 Å². The first-order valence-electron chi connectivity index (χ1n) is 5.60. The molecule has 0 aromatic carbocycles. The Hall–Kier alpha value is -0.0800. The molecular formula is C11H21NO. The van der Waals surface area contributed by atoms with Crippen LogP contribution in [0, 0.1) is 11.8 Å². The van der Waals surface area contributed by atoms with Crippen molar-refractivity contribution in [2.24, 2.45) is 17.6 Å². The normalized spacial score (nSPS) is 46.6. The summed E-state index contributed by atoms with van der Waals surface area (Å²) in [6, 6.07) is 0. The van der Waals surface area contributed by atoms with E-state index in [2.05, 4.69) is 6.92 Å². The Morgan fingerprint density at radius 3 is 2.77 bits per heavy atom. The van der Waals surface area contributed by atoms with Gasteiger partial charge in [-0.25, -0.2) is 0 Å². The van der Waals surface area contributed by atoms with Crippen molar-refractivity contribution in [1.29, 1.82) is 0 Å². The molecule has 0 bridgehead atoms. The van der Waals surface area contributed by atoms with E-state index in [4.69, 9.17) is 10.5 Å². The SMILES string of the molecule is CC1CCCCC1(N)C1CCOC1. The smallest absolute Gasteiger partial charge is 0.0512 e. The average molecular weight is 183 g/mol. The van der Waals surface area contributed by atoms with Gasteiger partial charge in [-0.05, 0) is 25.2 Å². The molecule has 76 valence electrons. The summed E-state index contributed by atoms with van der Waals surface area (Å²) in [6.07, 6.45) is 6.39. The summed E-state index contributed by atoms with van der Waals surface area (Å²) in [6.45, 7) is 4.15. The Labute approximate surface area is 80.8 Å². The van der Waals surface area contributed by atoms with Crippen LogP contribution in [0.4, 0.5) is 0 Å². The van der Waals surface area contributed by atoms with Crippen molar-refractivity contribution >= 4 is 0 Å². The van der Waals surface area contributed by atoms with Crippen molar-refractivity contribution in [3.8, 4) is 0 Å². The summed E-state index contributed by atoms with van der Waals surface area (Å²) in [5.41, 5.74) is 6.62. The fourth-order valence-corrected chi connectivity index (χ4v) is 2.96. The van der Waals surface area contributed by atoms with Gasteiger partial charge in [-0.3, -0.25) is 0 Å². The molecule has 0 radical (unpaired) electrons. The van der Waals surface area contributed by atoms with Crippen molar-refractivity contribution in [2.45, 2.75) is 44.6 Å². The van der Waals surface area contributed by atoms with Gasteiger partial charge in [0.1, 0.15) is 0 Å². The molecule has 2 rings (SSSR count). The highest BCUT2D eigenvalue weighted by Gasteiger charge is 2.42. The second-order valence-corrected chi connectivity index (χ2v) is 4.82. The van der Waals surface area contributed by atoms with Gasteiger partial charge < -0.3 is 10.5 Å². The Kier molecular flexibility index (Phi) is 2.61. The van der Waals surface area contributed by atoms with Gasteiger partial charge in [-0.2, -0.15) is 0 Å². The first-order chi connectivity index (χ1) is 6.23. The zero-order valence-electron chi connectivity index (χ0n) is 8.59. The van der Waals surface area contributed by atoms with E-state index >= 15 is 0 Å². The molecule has 1 aliphatic carbocycles. The third-order valence-corrected chi connectivity index (χ3v) is 4.10. The molecule has 13 heavy (non-hydrogen) atoms. The molecule has 3 unspecified atom stereocenters. The number of hydrogen-bond acceptors (Lipinski definition) is 2. The Balaban J connectivity index is 2.06. The standard InChI is InChI=1S/C11H21NO/c1-9-4-2-3-6-11(9,12)10-5-7-13-8-10/h9-10H,2-8,12H2,1H3. The minimum atomic E-state index is 0.0920. The van der Waals surface area contributed by atoms with E-state index in [1.54, 1.807) is 0 Å². The van der Waals surface area contributed by atoms with Crippen LogP contribution in [0.25, 0.3) is 0 Å². The predicted molar refractivity (Wildman–Crippen MR) is 53.5 cm³/mol. The summed E-state index contributed by atoms with van der Waals surface area (Å²) in [4.78, 5) is 0. The molecule has 1 aliphatic heterocycles. The fraction of sp³-hybridized carbons (Fsp3) is 1.00. The largest absolute Gasteiger partial charge is 0.381 e. The summed E-state index contributed by atoms with van der Waals surface area (Å²) in [7, 11) is 0. The van der Waals surface area contributed by atoms with Crippen molar-refractivity contribution < 1.29 is 4.74 Å². The molecular weight excluding hydrogens is 162 g/mol. The van der Waals surface area contributed by atoms with Crippen LogP contribution in [0.15, 0.2) is 0 Å². The third-order valence-electron chi connectivity index (χ3n) is 4.10. The highest BCUT2D eigenvalue weighted by molar-refractivity contribution is 4.98. The van der Waals surface area contributed by atoms with Gasteiger partial charge in [0.15, 0.2) is 0 Å². The van der Waals surface area contributed by atoms with Crippen molar-refractivity contribution in [3.05, 3.63) is 0 Å². The lowest BCUT2D eigenvalue weighted by molar-refractivity contribution is 0.105. The highest BCUT2D eigenvalue weighted by atomic mass is 16.5. The van der Waals surface area contributed by atoms with E-state index in [9.17, 15) is 0 Å². The first-order valence-corrected chi connectivity index (χ1v) is 5.60. The molecule has 2 nitrogen and oxygen atoms in total. The van der Waals surface area contributed by atoms with E-state index in [0.29, 0.717) is 11.8 Å². The molecule has 2 heteroatoms. The van der Waals surface area contributed by atoms with Crippen LogP contribution in [-0.2, 0) is 4.74 Å². The molecule has 2 fully saturated rings. The van der Waals surface area contributed by atoms with Gasteiger partial charge in [0.2, 0.25) is 0 Å². The van der Waals surface area contributed by atoms with Gasteiger partial charge in [-0.1, -0.05) is 19.8 Å². The molecule has 0 aromatic rings. The lowest BCUT2D eigenvalue weighted by Gasteiger charge is -2.43. The number of hydrogen-bond donors (Lipinski definition) is 1. The zero-order chi connectivity index (χ0) is 9.31. The lowest BCUT2D eigenvalue weighted by Crippen LogP contribution is -2.54. The quantitative estimate of drug-likeness (QED) is 0.674. The summed E-state index contributed by atoms with van der Waals surface area (Å²) < 4.78 is 5.44. The Morgan fingerprint density at radius 2 is 2.15 bits per heavy atom. The molecule has 2 aliphatic rings. The third kappa shape index (κ3) is 1.62. The fourth-order valence-electron chi connectivity index (χ4n) is 2.96. The van der Waals surface area contributed by atoms with Gasteiger partial charge >= 0.3 is 0 Å². The van der Waals surface area contributed by atoms with E-state index in [0.717, 1.165) is 13.2 Å². The monoisotopic (exact) mass is 183 g/mol. The van der Waals surface area contributed by atoms with Crippen LogP contribution in [0.3, 0.4) is 0 Å². The second-order valence-electron chi connectivity index (χ2n) is 4.82. The number of nitrogens with two attached hydrogens (primary N) is 1. The molecule has 0 spiro atoms. The maximum Gasteiger partial charge on any atom is 0.0512 e. The number of ether oxygens (including phenoxy) is 1. The van der Waals surface area contributed by atoms with Crippen LogP contribution in [0.5, 0.6) is 0 Å². The van der Waals surface area contributed by atoms with Gasteiger partial charge in [-0.15, -0.1) is 0 Å². The van der Waals surface area contributed by atoms with Crippen molar-refractivity contribution in [2.75, 3.05) is 13.2 Å². The summed E-state index contributed by atoms with van der Waals surface area (Å²) in [5.74, 6) is 1.32. The average Bonchev–Trinajstić information content (AvgIpc) is 2.63. The van der Waals surface area contributed by atoms with Crippen LogP contribution in [-0.4, -0.2) is 18.8 Å². The predicted octanol–water partition coefficient (Wildman–Crippen LogP) is 1.93. The lowest BCUT2D eigenvalue weighted by atomic mass is 9.67. The first kappa shape index (κ1) is 9.47. The minimum absolute atomic E-state index is 0.0920. The zero-order valence-corrected chi connectivity index (χ0v) is 8.59. The maximum absolute atomic E-state index is 6.53. The van der Waals surface area contributed by atoms with Crippen LogP contribution < -0.4 is 5.73 Å². The molecule has 0 amide bonds. The van der Waals surface area contributed by atoms with Gasteiger partial charge in [0, 0.05) is 18.1 Å². The van der Waals surface area contributed by atoms with Crippen LogP contribution in [0.1, 0.15) is 39.0 Å².